The maximum atomic E-state index is 11.0. The number of unbranched alkanes of at least 4 members (excludes halogenated alkanes) is 1. The number of ether oxygens (including phenoxy) is 2. The van der Waals surface area contributed by atoms with Crippen LogP contribution in [0.2, 0.25) is 0 Å². The fourth-order valence-corrected chi connectivity index (χ4v) is 1.85. The topological polar surface area (TPSA) is 35.5 Å². The van der Waals surface area contributed by atoms with Gasteiger partial charge in [-0.25, -0.2) is 4.79 Å². The third kappa shape index (κ3) is 8.72. The van der Waals surface area contributed by atoms with Gasteiger partial charge in [-0.05, 0) is 31.1 Å². The van der Waals surface area contributed by atoms with E-state index >= 15 is 0 Å². The molecule has 3 nitrogen and oxygen atoms in total. The zero-order valence-electron chi connectivity index (χ0n) is 11.2. The maximum Gasteiger partial charge on any atom is 0.332 e. The SMILES string of the molecule is CCCC(C)(C)CCCCOC(=O)COC. The number of carbonyl (C=O) groups excluding carboxylic acids is 1. The van der Waals surface area contributed by atoms with Crippen molar-refractivity contribution in [2.24, 2.45) is 5.41 Å². The van der Waals surface area contributed by atoms with E-state index in [1.165, 1.54) is 26.4 Å². The van der Waals surface area contributed by atoms with Crippen LogP contribution in [0.5, 0.6) is 0 Å². The largest absolute Gasteiger partial charge is 0.464 e. The zero-order chi connectivity index (χ0) is 12.4. The lowest BCUT2D eigenvalue weighted by Gasteiger charge is -2.23. The average molecular weight is 230 g/mol. The standard InChI is InChI=1S/C13H26O3/c1-5-8-13(2,3)9-6-7-10-16-12(14)11-15-4/h5-11H2,1-4H3. The summed E-state index contributed by atoms with van der Waals surface area (Å²) >= 11 is 0. The van der Waals surface area contributed by atoms with Crippen molar-refractivity contribution in [3.05, 3.63) is 0 Å². The number of esters is 1. The minimum atomic E-state index is -0.268. The van der Waals surface area contributed by atoms with Crippen molar-refractivity contribution >= 4 is 5.97 Å². The van der Waals surface area contributed by atoms with Crippen LogP contribution in [-0.4, -0.2) is 26.3 Å². The fourth-order valence-electron chi connectivity index (χ4n) is 1.85. The summed E-state index contributed by atoms with van der Waals surface area (Å²) in [5, 5.41) is 0. The molecule has 0 heterocycles. The molecule has 0 aromatic carbocycles. The van der Waals surface area contributed by atoms with Gasteiger partial charge in [0.05, 0.1) is 6.61 Å². The molecule has 0 unspecified atom stereocenters. The van der Waals surface area contributed by atoms with E-state index in [-0.39, 0.29) is 12.6 Å². The Hall–Kier alpha value is -0.570. The van der Waals surface area contributed by atoms with Crippen LogP contribution in [0, 0.1) is 5.41 Å². The minimum Gasteiger partial charge on any atom is -0.464 e. The molecular weight excluding hydrogens is 204 g/mol. The molecule has 0 spiro atoms. The zero-order valence-corrected chi connectivity index (χ0v) is 11.2. The summed E-state index contributed by atoms with van der Waals surface area (Å²) in [6, 6.07) is 0. The maximum absolute atomic E-state index is 11.0. The van der Waals surface area contributed by atoms with E-state index in [2.05, 4.69) is 25.5 Å². The molecule has 0 saturated heterocycles. The highest BCUT2D eigenvalue weighted by Crippen LogP contribution is 2.28. The first-order valence-electron chi connectivity index (χ1n) is 6.16. The Labute approximate surface area is 99.5 Å². The summed E-state index contributed by atoms with van der Waals surface area (Å²) in [5.74, 6) is -0.268. The number of methoxy groups -OCH3 is 1. The summed E-state index contributed by atoms with van der Waals surface area (Å²) in [7, 11) is 1.49. The molecule has 3 heteroatoms. The molecule has 0 amide bonds. The lowest BCUT2D eigenvalue weighted by molar-refractivity contribution is -0.148. The smallest absolute Gasteiger partial charge is 0.332 e. The summed E-state index contributed by atoms with van der Waals surface area (Å²) < 4.78 is 9.67. The van der Waals surface area contributed by atoms with E-state index in [4.69, 9.17) is 4.74 Å². The summed E-state index contributed by atoms with van der Waals surface area (Å²) in [5.41, 5.74) is 0.422. The van der Waals surface area contributed by atoms with Gasteiger partial charge < -0.3 is 9.47 Å². The molecule has 0 aromatic heterocycles. The molecule has 0 N–H and O–H groups in total. The van der Waals surface area contributed by atoms with Crippen molar-refractivity contribution in [2.45, 2.75) is 52.9 Å². The predicted molar refractivity (Wildman–Crippen MR) is 65.4 cm³/mol. The van der Waals surface area contributed by atoms with Crippen molar-refractivity contribution in [3.8, 4) is 0 Å². The third-order valence-electron chi connectivity index (χ3n) is 2.70. The van der Waals surface area contributed by atoms with Crippen molar-refractivity contribution in [1.29, 1.82) is 0 Å². The predicted octanol–water partition coefficient (Wildman–Crippen LogP) is 3.17. The van der Waals surface area contributed by atoms with Gasteiger partial charge in [0.1, 0.15) is 6.61 Å². The van der Waals surface area contributed by atoms with Crippen molar-refractivity contribution in [3.63, 3.8) is 0 Å². The van der Waals surface area contributed by atoms with Gasteiger partial charge in [-0.2, -0.15) is 0 Å². The Morgan fingerprint density at radius 3 is 2.44 bits per heavy atom. The van der Waals surface area contributed by atoms with Gasteiger partial charge in [-0.15, -0.1) is 0 Å². The van der Waals surface area contributed by atoms with E-state index in [0.29, 0.717) is 12.0 Å². The number of carbonyl (C=O) groups is 1. The second-order valence-corrected chi connectivity index (χ2v) is 5.02. The van der Waals surface area contributed by atoms with Gasteiger partial charge in [-0.3, -0.25) is 0 Å². The first-order valence-corrected chi connectivity index (χ1v) is 6.16. The van der Waals surface area contributed by atoms with Gasteiger partial charge in [-0.1, -0.05) is 27.2 Å². The number of rotatable bonds is 9. The molecule has 0 aromatic rings. The van der Waals surface area contributed by atoms with E-state index in [9.17, 15) is 4.79 Å². The number of hydrogen-bond acceptors (Lipinski definition) is 3. The van der Waals surface area contributed by atoms with Gasteiger partial charge in [0, 0.05) is 7.11 Å². The quantitative estimate of drug-likeness (QED) is 0.451. The molecule has 0 saturated carbocycles. The Bertz CT molecular complexity index is 188. The fraction of sp³-hybridized carbons (Fsp3) is 0.923. The van der Waals surface area contributed by atoms with E-state index < -0.39 is 0 Å². The van der Waals surface area contributed by atoms with Gasteiger partial charge in [0.25, 0.3) is 0 Å². The van der Waals surface area contributed by atoms with Crippen LogP contribution in [0.4, 0.5) is 0 Å². The summed E-state index contributed by atoms with van der Waals surface area (Å²) in [4.78, 5) is 11.0. The van der Waals surface area contributed by atoms with Crippen molar-refractivity contribution in [2.75, 3.05) is 20.3 Å². The second kappa shape index (κ2) is 8.57. The Morgan fingerprint density at radius 2 is 1.88 bits per heavy atom. The van der Waals surface area contributed by atoms with Crippen molar-refractivity contribution < 1.29 is 14.3 Å². The molecule has 0 aliphatic carbocycles. The second-order valence-electron chi connectivity index (χ2n) is 5.02. The molecule has 0 aliphatic rings. The normalized spacial score (nSPS) is 11.5. The molecule has 0 fully saturated rings. The molecule has 16 heavy (non-hydrogen) atoms. The van der Waals surface area contributed by atoms with Crippen LogP contribution in [0.25, 0.3) is 0 Å². The molecule has 0 rings (SSSR count). The van der Waals surface area contributed by atoms with Crippen LogP contribution in [-0.2, 0) is 14.3 Å². The Kier molecular flexibility index (Phi) is 8.26. The van der Waals surface area contributed by atoms with Crippen LogP contribution in [0.15, 0.2) is 0 Å². The Morgan fingerprint density at radius 1 is 1.19 bits per heavy atom. The van der Waals surface area contributed by atoms with E-state index in [1.807, 2.05) is 0 Å². The third-order valence-corrected chi connectivity index (χ3v) is 2.70. The lowest BCUT2D eigenvalue weighted by atomic mass is 9.83. The first kappa shape index (κ1) is 15.4. The molecule has 0 atom stereocenters. The van der Waals surface area contributed by atoms with Gasteiger partial charge in [0.2, 0.25) is 0 Å². The lowest BCUT2D eigenvalue weighted by Crippen LogP contribution is -2.13. The highest BCUT2D eigenvalue weighted by atomic mass is 16.6. The van der Waals surface area contributed by atoms with Gasteiger partial charge >= 0.3 is 5.97 Å². The summed E-state index contributed by atoms with van der Waals surface area (Å²) in [6.45, 7) is 7.39. The highest BCUT2D eigenvalue weighted by molar-refractivity contribution is 5.70. The van der Waals surface area contributed by atoms with E-state index in [0.717, 1.165) is 12.8 Å². The molecule has 0 radical (unpaired) electrons. The molecule has 0 aliphatic heterocycles. The molecule has 0 bridgehead atoms. The average Bonchev–Trinajstić information content (AvgIpc) is 2.17. The van der Waals surface area contributed by atoms with Crippen LogP contribution in [0.1, 0.15) is 52.9 Å². The first-order chi connectivity index (χ1) is 7.52. The monoisotopic (exact) mass is 230 g/mol. The van der Waals surface area contributed by atoms with Crippen molar-refractivity contribution in [1.82, 2.24) is 0 Å². The van der Waals surface area contributed by atoms with Gasteiger partial charge in [0.15, 0.2) is 0 Å². The van der Waals surface area contributed by atoms with Crippen LogP contribution < -0.4 is 0 Å². The van der Waals surface area contributed by atoms with Crippen LogP contribution >= 0.6 is 0 Å². The number of hydrogen-bond donors (Lipinski definition) is 0. The highest BCUT2D eigenvalue weighted by Gasteiger charge is 2.15. The Balaban J connectivity index is 3.42. The summed E-state index contributed by atoms with van der Waals surface area (Å²) in [6.07, 6.45) is 5.75. The molecular formula is C13H26O3. The molecule has 96 valence electrons. The van der Waals surface area contributed by atoms with E-state index in [1.54, 1.807) is 0 Å². The van der Waals surface area contributed by atoms with Crippen LogP contribution in [0.3, 0.4) is 0 Å². The minimum absolute atomic E-state index is 0.0569.